The van der Waals surface area contributed by atoms with Crippen LogP contribution < -0.4 is 20.1 Å². The minimum atomic E-state index is -0.998. The van der Waals surface area contributed by atoms with E-state index in [0.29, 0.717) is 42.5 Å². The van der Waals surface area contributed by atoms with Gasteiger partial charge in [-0.05, 0) is 55.3 Å². The van der Waals surface area contributed by atoms with Crippen LogP contribution in [0.1, 0.15) is 12.8 Å². The molecule has 3 rings (SSSR count). The molecule has 7 heteroatoms. The largest absolute Gasteiger partial charge is 0.497 e. The number of rotatable bonds is 8. The smallest absolute Gasteiger partial charge is 0.240 e. The molecule has 142 valence electrons. The van der Waals surface area contributed by atoms with Crippen molar-refractivity contribution < 1.29 is 19.1 Å². The molecule has 2 N–H and O–H groups in total. The zero-order chi connectivity index (χ0) is 19.3. The van der Waals surface area contributed by atoms with Crippen molar-refractivity contribution in [1.29, 1.82) is 0 Å². The number of carbonyl (C=O) groups excluding carboxylic acids is 2. The summed E-state index contributed by atoms with van der Waals surface area (Å²) in [6.07, 6.45) is 1.06. The molecule has 1 fully saturated rings. The SMILES string of the molecule is COc1ccc(OCCNC(=O)C2(C(=O)Nc3cccc(Cl)c3)CC2)cc1. The molecule has 1 saturated carbocycles. The van der Waals surface area contributed by atoms with E-state index in [9.17, 15) is 9.59 Å². The van der Waals surface area contributed by atoms with Gasteiger partial charge in [0.25, 0.3) is 0 Å². The quantitative estimate of drug-likeness (QED) is 0.537. The van der Waals surface area contributed by atoms with Crippen LogP contribution in [0, 0.1) is 5.41 Å². The van der Waals surface area contributed by atoms with E-state index < -0.39 is 5.41 Å². The lowest BCUT2D eigenvalue weighted by molar-refractivity contribution is -0.134. The molecular weight excluding hydrogens is 368 g/mol. The van der Waals surface area contributed by atoms with Crippen molar-refractivity contribution in [3.8, 4) is 11.5 Å². The summed E-state index contributed by atoms with van der Waals surface area (Å²) in [6.45, 7) is 0.626. The van der Waals surface area contributed by atoms with Gasteiger partial charge in [-0.15, -0.1) is 0 Å². The zero-order valence-electron chi connectivity index (χ0n) is 15.0. The first kappa shape index (κ1) is 19.0. The molecule has 1 aliphatic carbocycles. The Labute approximate surface area is 162 Å². The van der Waals surface area contributed by atoms with Crippen LogP contribution in [0.25, 0.3) is 0 Å². The molecule has 0 saturated heterocycles. The molecule has 0 aliphatic heterocycles. The highest BCUT2D eigenvalue weighted by molar-refractivity contribution is 6.31. The van der Waals surface area contributed by atoms with Crippen molar-refractivity contribution in [2.75, 3.05) is 25.6 Å². The fourth-order valence-electron chi connectivity index (χ4n) is 2.67. The maximum absolute atomic E-state index is 12.5. The Balaban J connectivity index is 1.46. The van der Waals surface area contributed by atoms with E-state index >= 15 is 0 Å². The molecule has 1 aliphatic rings. The normalized spacial score (nSPS) is 14.1. The summed E-state index contributed by atoms with van der Waals surface area (Å²) in [5, 5.41) is 6.07. The molecule has 0 aromatic heterocycles. The monoisotopic (exact) mass is 388 g/mol. The molecule has 2 aromatic carbocycles. The van der Waals surface area contributed by atoms with Gasteiger partial charge >= 0.3 is 0 Å². The number of anilines is 1. The minimum absolute atomic E-state index is 0.277. The molecule has 0 radical (unpaired) electrons. The highest BCUT2D eigenvalue weighted by atomic mass is 35.5. The molecule has 0 atom stereocenters. The van der Waals surface area contributed by atoms with Crippen LogP contribution in [0.5, 0.6) is 11.5 Å². The summed E-state index contributed by atoms with van der Waals surface area (Å²) in [7, 11) is 1.60. The first-order valence-electron chi connectivity index (χ1n) is 8.66. The van der Waals surface area contributed by atoms with Crippen LogP contribution >= 0.6 is 11.6 Å². The second-order valence-corrected chi connectivity index (χ2v) is 6.76. The number of benzene rings is 2. The molecule has 2 amide bonds. The Morgan fingerprint density at radius 1 is 1.07 bits per heavy atom. The van der Waals surface area contributed by atoms with Crippen molar-refractivity contribution in [3.05, 3.63) is 53.6 Å². The number of hydrogen-bond donors (Lipinski definition) is 2. The van der Waals surface area contributed by atoms with Crippen LogP contribution in [0.3, 0.4) is 0 Å². The van der Waals surface area contributed by atoms with Gasteiger partial charge in [-0.2, -0.15) is 0 Å². The summed E-state index contributed by atoms with van der Waals surface area (Å²) in [4.78, 5) is 25.0. The van der Waals surface area contributed by atoms with Crippen molar-refractivity contribution in [2.24, 2.45) is 5.41 Å². The predicted molar refractivity (Wildman–Crippen MR) is 103 cm³/mol. The van der Waals surface area contributed by atoms with Gasteiger partial charge in [-0.3, -0.25) is 9.59 Å². The van der Waals surface area contributed by atoms with E-state index in [1.807, 2.05) is 0 Å². The van der Waals surface area contributed by atoms with Crippen LogP contribution in [0.2, 0.25) is 5.02 Å². The van der Waals surface area contributed by atoms with Crippen molar-refractivity contribution in [1.82, 2.24) is 5.32 Å². The second-order valence-electron chi connectivity index (χ2n) is 6.33. The molecule has 0 unspecified atom stereocenters. The number of halogens is 1. The van der Waals surface area contributed by atoms with E-state index in [-0.39, 0.29) is 11.8 Å². The zero-order valence-corrected chi connectivity index (χ0v) is 15.7. The average Bonchev–Trinajstić information content (AvgIpc) is 3.48. The summed E-state index contributed by atoms with van der Waals surface area (Å²) in [5.41, 5.74) is -0.419. The Bertz CT molecular complexity index is 819. The molecule has 2 aromatic rings. The van der Waals surface area contributed by atoms with E-state index in [1.165, 1.54) is 0 Å². The number of methoxy groups -OCH3 is 1. The minimum Gasteiger partial charge on any atom is -0.497 e. The lowest BCUT2D eigenvalue weighted by Crippen LogP contribution is -2.41. The number of carbonyl (C=O) groups is 2. The third-order valence-electron chi connectivity index (χ3n) is 4.42. The Morgan fingerprint density at radius 3 is 2.41 bits per heavy atom. The standard InChI is InChI=1S/C20H21ClN2O4/c1-26-16-5-7-17(8-6-16)27-12-11-22-18(24)20(9-10-20)19(25)23-15-4-2-3-14(21)13-15/h2-8,13H,9-12H2,1H3,(H,22,24)(H,23,25). The summed E-state index contributed by atoms with van der Waals surface area (Å²) >= 11 is 5.92. The predicted octanol–water partition coefficient (Wildman–Crippen LogP) is 3.26. The number of amides is 2. The van der Waals surface area contributed by atoms with Crippen LogP contribution in [-0.4, -0.2) is 32.1 Å². The van der Waals surface area contributed by atoms with Crippen LogP contribution in [-0.2, 0) is 9.59 Å². The molecule has 6 nitrogen and oxygen atoms in total. The maximum Gasteiger partial charge on any atom is 0.240 e. The van der Waals surface area contributed by atoms with Gasteiger partial charge in [-0.1, -0.05) is 17.7 Å². The van der Waals surface area contributed by atoms with Gasteiger partial charge < -0.3 is 20.1 Å². The third-order valence-corrected chi connectivity index (χ3v) is 4.65. The third kappa shape index (κ3) is 4.71. The van der Waals surface area contributed by atoms with Crippen LogP contribution in [0.15, 0.2) is 48.5 Å². The topological polar surface area (TPSA) is 76.7 Å². The summed E-state index contributed by atoms with van der Waals surface area (Å²) in [5.74, 6) is 0.848. The summed E-state index contributed by atoms with van der Waals surface area (Å²) < 4.78 is 10.7. The second kappa shape index (κ2) is 8.31. The summed E-state index contributed by atoms with van der Waals surface area (Å²) in [6, 6.07) is 14.0. The van der Waals surface area contributed by atoms with E-state index in [2.05, 4.69) is 10.6 Å². The molecule has 27 heavy (non-hydrogen) atoms. The molecule has 0 spiro atoms. The molecule has 0 bridgehead atoms. The average molecular weight is 389 g/mol. The van der Waals surface area contributed by atoms with Gasteiger partial charge in [0.2, 0.25) is 11.8 Å². The lowest BCUT2D eigenvalue weighted by atomic mass is 10.1. The first-order valence-corrected chi connectivity index (χ1v) is 9.03. The van der Waals surface area contributed by atoms with Gasteiger partial charge in [0, 0.05) is 10.7 Å². The number of nitrogens with one attached hydrogen (secondary N) is 2. The van der Waals surface area contributed by atoms with Crippen LogP contribution in [0.4, 0.5) is 5.69 Å². The highest BCUT2D eigenvalue weighted by Crippen LogP contribution is 2.46. The number of ether oxygens (including phenoxy) is 2. The highest BCUT2D eigenvalue weighted by Gasteiger charge is 2.56. The van der Waals surface area contributed by atoms with E-state index in [4.69, 9.17) is 21.1 Å². The lowest BCUT2D eigenvalue weighted by Gasteiger charge is -2.16. The Hall–Kier alpha value is -2.73. The van der Waals surface area contributed by atoms with Gasteiger partial charge in [0.15, 0.2) is 0 Å². The number of hydrogen-bond acceptors (Lipinski definition) is 4. The molecular formula is C20H21ClN2O4. The fraction of sp³-hybridized carbons (Fsp3) is 0.300. The molecule has 0 heterocycles. The van der Waals surface area contributed by atoms with Crippen molar-refractivity contribution in [3.63, 3.8) is 0 Å². The van der Waals surface area contributed by atoms with E-state index in [0.717, 1.165) is 5.75 Å². The first-order chi connectivity index (χ1) is 13.0. The van der Waals surface area contributed by atoms with Crippen molar-refractivity contribution in [2.45, 2.75) is 12.8 Å². The van der Waals surface area contributed by atoms with Crippen molar-refractivity contribution >= 4 is 29.1 Å². The Morgan fingerprint density at radius 2 is 1.78 bits per heavy atom. The van der Waals surface area contributed by atoms with Gasteiger partial charge in [-0.25, -0.2) is 0 Å². The van der Waals surface area contributed by atoms with E-state index in [1.54, 1.807) is 55.6 Å². The Kier molecular flexibility index (Phi) is 5.86. The van der Waals surface area contributed by atoms with Gasteiger partial charge in [0.1, 0.15) is 23.5 Å². The van der Waals surface area contributed by atoms with Gasteiger partial charge in [0.05, 0.1) is 13.7 Å². The maximum atomic E-state index is 12.5. The fourth-order valence-corrected chi connectivity index (χ4v) is 2.86.